The van der Waals surface area contributed by atoms with Gasteiger partial charge >= 0.3 is 0 Å². The van der Waals surface area contributed by atoms with E-state index in [1.807, 2.05) is 13.0 Å². The third kappa shape index (κ3) is 3.34. The van der Waals surface area contributed by atoms with E-state index in [2.05, 4.69) is 22.2 Å². The first-order chi connectivity index (χ1) is 8.69. The van der Waals surface area contributed by atoms with Crippen molar-refractivity contribution < 1.29 is 0 Å². The fourth-order valence-corrected chi connectivity index (χ4v) is 2.70. The minimum absolute atomic E-state index is 0.557. The number of anilines is 2. The fraction of sp³-hybridized carbons (Fsp3) is 0.714. The van der Waals surface area contributed by atoms with Crippen LogP contribution in [0.15, 0.2) is 6.07 Å². The molecular weight excluding hydrogens is 224 g/mol. The number of nitrogen functional groups attached to an aromatic ring is 1. The summed E-state index contributed by atoms with van der Waals surface area (Å²) in [5.41, 5.74) is 5.78. The second-order valence-corrected chi connectivity index (χ2v) is 5.35. The van der Waals surface area contributed by atoms with E-state index in [1.54, 1.807) is 0 Å². The van der Waals surface area contributed by atoms with Gasteiger partial charge in [-0.1, -0.05) is 33.1 Å². The molecule has 0 aliphatic heterocycles. The monoisotopic (exact) mass is 248 g/mol. The molecule has 18 heavy (non-hydrogen) atoms. The molecule has 1 aliphatic carbocycles. The van der Waals surface area contributed by atoms with E-state index in [0.29, 0.717) is 5.82 Å². The first kappa shape index (κ1) is 13.1. The predicted octanol–water partition coefficient (Wildman–Crippen LogP) is 2.86. The van der Waals surface area contributed by atoms with Crippen molar-refractivity contribution in [1.82, 2.24) is 9.97 Å². The van der Waals surface area contributed by atoms with Gasteiger partial charge in [0, 0.05) is 19.0 Å². The molecule has 4 heteroatoms. The first-order valence-electron chi connectivity index (χ1n) is 7.06. The highest BCUT2D eigenvalue weighted by Crippen LogP contribution is 2.29. The molecule has 1 fully saturated rings. The van der Waals surface area contributed by atoms with Gasteiger partial charge in [0.25, 0.3) is 0 Å². The van der Waals surface area contributed by atoms with Gasteiger partial charge in [0.1, 0.15) is 17.5 Å². The summed E-state index contributed by atoms with van der Waals surface area (Å²) in [5.74, 6) is 3.82. The molecule has 0 spiro atoms. The van der Waals surface area contributed by atoms with Crippen LogP contribution in [0, 0.1) is 11.8 Å². The van der Waals surface area contributed by atoms with Crippen molar-refractivity contribution in [2.45, 2.75) is 46.0 Å². The van der Waals surface area contributed by atoms with Crippen LogP contribution in [0.3, 0.4) is 0 Å². The number of hydrogen-bond donors (Lipinski definition) is 2. The minimum atomic E-state index is 0.557. The van der Waals surface area contributed by atoms with Gasteiger partial charge in [0.15, 0.2) is 0 Å². The number of nitrogens with zero attached hydrogens (tertiary/aromatic N) is 2. The van der Waals surface area contributed by atoms with Crippen LogP contribution in [-0.2, 0) is 6.42 Å². The normalized spacial score (nSPS) is 23.9. The second-order valence-electron chi connectivity index (χ2n) is 5.35. The average Bonchev–Trinajstić information content (AvgIpc) is 2.37. The lowest BCUT2D eigenvalue weighted by Gasteiger charge is -2.29. The summed E-state index contributed by atoms with van der Waals surface area (Å²) >= 11 is 0. The van der Waals surface area contributed by atoms with Gasteiger partial charge < -0.3 is 11.1 Å². The number of hydrogen-bond acceptors (Lipinski definition) is 4. The lowest BCUT2D eigenvalue weighted by Crippen LogP contribution is -2.24. The van der Waals surface area contributed by atoms with E-state index in [9.17, 15) is 0 Å². The van der Waals surface area contributed by atoms with Crippen molar-refractivity contribution in [3.8, 4) is 0 Å². The van der Waals surface area contributed by atoms with Crippen molar-refractivity contribution in [2.24, 2.45) is 11.8 Å². The van der Waals surface area contributed by atoms with Crippen LogP contribution in [-0.4, -0.2) is 16.5 Å². The van der Waals surface area contributed by atoms with E-state index >= 15 is 0 Å². The lowest BCUT2D eigenvalue weighted by molar-refractivity contribution is 0.268. The minimum Gasteiger partial charge on any atom is -0.384 e. The van der Waals surface area contributed by atoms with Gasteiger partial charge in [0.05, 0.1) is 0 Å². The quantitative estimate of drug-likeness (QED) is 0.860. The maximum Gasteiger partial charge on any atom is 0.132 e. The fourth-order valence-electron chi connectivity index (χ4n) is 2.70. The molecule has 1 aromatic heterocycles. The molecule has 2 unspecified atom stereocenters. The molecule has 0 amide bonds. The highest BCUT2D eigenvalue weighted by Gasteiger charge is 2.20. The zero-order valence-electron chi connectivity index (χ0n) is 11.4. The summed E-state index contributed by atoms with van der Waals surface area (Å²) in [6.07, 6.45) is 6.26. The molecular formula is C14H24N4. The molecule has 0 radical (unpaired) electrons. The topological polar surface area (TPSA) is 63.8 Å². The summed E-state index contributed by atoms with van der Waals surface area (Å²) in [6, 6.07) is 1.83. The molecule has 0 bridgehead atoms. The third-order valence-corrected chi connectivity index (χ3v) is 3.94. The Labute approximate surface area is 109 Å². The van der Waals surface area contributed by atoms with Crippen LogP contribution in [0.5, 0.6) is 0 Å². The van der Waals surface area contributed by atoms with Crippen LogP contribution in [0.1, 0.15) is 45.4 Å². The Morgan fingerprint density at radius 3 is 2.83 bits per heavy atom. The largest absolute Gasteiger partial charge is 0.384 e. The number of aryl methyl sites for hydroxylation is 1. The van der Waals surface area contributed by atoms with Crippen LogP contribution in [0.2, 0.25) is 0 Å². The number of rotatable bonds is 4. The first-order valence-corrected chi connectivity index (χ1v) is 7.06. The van der Waals surface area contributed by atoms with Crippen molar-refractivity contribution in [3.05, 3.63) is 11.9 Å². The molecule has 2 rings (SSSR count). The van der Waals surface area contributed by atoms with Crippen molar-refractivity contribution >= 4 is 11.6 Å². The van der Waals surface area contributed by atoms with Crippen molar-refractivity contribution in [2.75, 3.05) is 17.6 Å². The van der Waals surface area contributed by atoms with Gasteiger partial charge in [-0.2, -0.15) is 0 Å². The van der Waals surface area contributed by atoms with Gasteiger partial charge in [-0.05, 0) is 18.3 Å². The Kier molecular flexibility index (Phi) is 4.39. The van der Waals surface area contributed by atoms with E-state index in [1.165, 1.54) is 25.7 Å². The van der Waals surface area contributed by atoms with Crippen LogP contribution < -0.4 is 11.1 Å². The van der Waals surface area contributed by atoms with E-state index in [4.69, 9.17) is 5.73 Å². The highest BCUT2D eigenvalue weighted by molar-refractivity contribution is 5.44. The summed E-state index contributed by atoms with van der Waals surface area (Å²) in [5, 5.41) is 3.43. The maximum absolute atomic E-state index is 5.78. The van der Waals surface area contributed by atoms with Crippen molar-refractivity contribution in [1.29, 1.82) is 0 Å². The number of aromatic nitrogens is 2. The van der Waals surface area contributed by atoms with Gasteiger partial charge in [-0.25, -0.2) is 9.97 Å². The molecule has 0 aromatic carbocycles. The smallest absolute Gasteiger partial charge is 0.132 e. The molecule has 0 saturated heterocycles. The molecule has 1 heterocycles. The molecule has 1 aliphatic rings. The van der Waals surface area contributed by atoms with Crippen molar-refractivity contribution in [3.63, 3.8) is 0 Å². The number of nitrogens with one attached hydrogen (secondary N) is 1. The zero-order chi connectivity index (χ0) is 13.0. The summed E-state index contributed by atoms with van der Waals surface area (Å²) in [6.45, 7) is 5.40. The second kappa shape index (κ2) is 6.03. The van der Waals surface area contributed by atoms with Crippen LogP contribution in [0.25, 0.3) is 0 Å². The zero-order valence-corrected chi connectivity index (χ0v) is 11.4. The Hall–Kier alpha value is -1.32. The SMILES string of the molecule is CCc1nc(N)cc(NCC2CCCCC2C)n1. The Morgan fingerprint density at radius 1 is 1.33 bits per heavy atom. The van der Waals surface area contributed by atoms with Crippen LogP contribution >= 0.6 is 0 Å². The van der Waals surface area contributed by atoms with Gasteiger partial charge in [0.2, 0.25) is 0 Å². The van der Waals surface area contributed by atoms with E-state index in [-0.39, 0.29) is 0 Å². The molecule has 100 valence electrons. The molecule has 2 atom stereocenters. The molecule has 1 aromatic rings. The van der Waals surface area contributed by atoms with Gasteiger partial charge in [-0.3, -0.25) is 0 Å². The summed E-state index contributed by atoms with van der Waals surface area (Å²) in [4.78, 5) is 8.65. The molecule has 4 nitrogen and oxygen atoms in total. The highest BCUT2D eigenvalue weighted by atomic mass is 15.0. The predicted molar refractivity (Wildman–Crippen MR) is 75.4 cm³/mol. The summed E-state index contributed by atoms with van der Waals surface area (Å²) < 4.78 is 0. The Balaban J connectivity index is 1.94. The van der Waals surface area contributed by atoms with Crippen LogP contribution in [0.4, 0.5) is 11.6 Å². The van der Waals surface area contributed by atoms with E-state index in [0.717, 1.165) is 36.4 Å². The Bertz CT molecular complexity index is 391. The molecule has 1 saturated carbocycles. The standard InChI is InChI=1S/C14H24N4/c1-3-13-17-12(15)8-14(18-13)16-9-11-7-5-4-6-10(11)2/h8,10-11H,3-7,9H2,1-2H3,(H3,15,16,17,18). The molecule has 3 N–H and O–H groups in total. The van der Waals surface area contributed by atoms with Gasteiger partial charge in [-0.15, -0.1) is 0 Å². The maximum atomic E-state index is 5.78. The Morgan fingerprint density at radius 2 is 2.11 bits per heavy atom. The third-order valence-electron chi connectivity index (χ3n) is 3.94. The summed E-state index contributed by atoms with van der Waals surface area (Å²) in [7, 11) is 0. The lowest BCUT2D eigenvalue weighted by atomic mass is 9.80. The number of nitrogens with two attached hydrogens (primary N) is 1. The average molecular weight is 248 g/mol. The van der Waals surface area contributed by atoms with E-state index < -0.39 is 0 Å².